The molecule has 0 N–H and O–H groups in total. The van der Waals surface area contributed by atoms with Crippen LogP contribution in [0.5, 0.6) is 5.75 Å². The van der Waals surface area contributed by atoms with Crippen molar-refractivity contribution in [3.8, 4) is 16.9 Å². The summed E-state index contributed by atoms with van der Waals surface area (Å²) in [7, 11) is 0. The van der Waals surface area contributed by atoms with Gasteiger partial charge in [0.2, 0.25) is 0 Å². The molecule has 0 aliphatic heterocycles. The third kappa shape index (κ3) is 4.35. The molecule has 0 saturated carbocycles. The van der Waals surface area contributed by atoms with E-state index in [1.54, 1.807) is 18.2 Å². The van der Waals surface area contributed by atoms with Crippen LogP contribution in [-0.4, -0.2) is 6.36 Å². The number of ether oxygens (including phenoxy) is 1. The molecule has 0 atom stereocenters. The van der Waals surface area contributed by atoms with Crippen LogP contribution in [0.2, 0.25) is 0 Å². The smallest absolute Gasteiger partial charge is 0.406 e. The molecule has 2 aromatic rings. The monoisotopic (exact) mass is 310 g/mol. The zero-order valence-electron chi connectivity index (χ0n) is 11.7. The van der Waals surface area contributed by atoms with Crippen molar-refractivity contribution in [2.24, 2.45) is 0 Å². The van der Waals surface area contributed by atoms with Crippen molar-refractivity contribution in [1.29, 1.82) is 0 Å². The molecule has 116 valence electrons. The number of benzene rings is 2. The Kier molecular flexibility index (Phi) is 4.85. The highest BCUT2D eigenvalue weighted by Gasteiger charge is 2.30. The third-order valence-electron chi connectivity index (χ3n) is 3.07. The summed E-state index contributed by atoms with van der Waals surface area (Å²) in [5.41, 5.74) is 1.78. The first-order valence-electron chi connectivity index (χ1n) is 6.64. The summed E-state index contributed by atoms with van der Waals surface area (Å²) in [5, 5.41) is 0. The highest BCUT2D eigenvalue weighted by Crippen LogP contribution is 2.28. The molecule has 0 spiro atoms. The van der Waals surface area contributed by atoms with Crippen molar-refractivity contribution in [3.05, 3.63) is 66.5 Å². The van der Waals surface area contributed by atoms with Crippen molar-refractivity contribution in [3.63, 3.8) is 0 Å². The van der Waals surface area contributed by atoms with E-state index in [9.17, 15) is 17.6 Å². The molecule has 0 bridgehead atoms. The van der Waals surface area contributed by atoms with Gasteiger partial charge >= 0.3 is 6.36 Å². The lowest BCUT2D eigenvalue weighted by molar-refractivity contribution is -0.274. The van der Waals surface area contributed by atoms with Crippen LogP contribution < -0.4 is 4.74 Å². The molecule has 0 fully saturated rings. The lowest BCUT2D eigenvalue weighted by Gasteiger charge is -2.10. The van der Waals surface area contributed by atoms with Gasteiger partial charge in [-0.3, -0.25) is 0 Å². The predicted octanol–water partition coefficient (Wildman–Crippen LogP) is 5.51. The summed E-state index contributed by atoms with van der Waals surface area (Å²) in [4.78, 5) is 0. The van der Waals surface area contributed by atoms with Crippen molar-refractivity contribution in [2.75, 3.05) is 0 Å². The lowest BCUT2D eigenvalue weighted by atomic mass is 10.0. The second kappa shape index (κ2) is 6.64. The highest BCUT2D eigenvalue weighted by atomic mass is 19.4. The summed E-state index contributed by atoms with van der Waals surface area (Å²) in [6.07, 6.45) is -1.47. The van der Waals surface area contributed by atoms with Gasteiger partial charge in [-0.1, -0.05) is 24.3 Å². The van der Waals surface area contributed by atoms with E-state index < -0.39 is 12.2 Å². The lowest BCUT2D eigenvalue weighted by Crippen LogP contribution is -2.16. The Balaban J connectivity index is 2.25. The molecule has 0 aromatic heterocycles. The van der Waals surface area contributed by atoms with Gasteiger partial charge in [-0.25, -0.2) is 4.39 Å². The fourth-order valence-electron chi connectivity index (χ4n) is 2.05. The Morgan fingerprint density at radius 1 is 1.05 bits per heavy atom. The van der Waals surface area contributed by atoms with Gasteiger partial charge in [0.05, 0.1) is 0 Å². The summed E-state index contributed by atoms with van der Waals surface area (Å²) < 4.78 is 54.0. The summed E-state index contributed by atoms with van der Waals surface area (Å²) in [6.45, 7) is 3.63. The standard InChI is InChI=1S/C17H14F4O/c1-2-3-4-12-5-10-16(18)15(11-12)13-6-8-14(9-7-13)22-17(19,20)21/h2,5-11H,1,3-4H2. The molecule has 0 saturated heterocycles. The third-order valence-corrected chi connectivity index (χ3v) is 3.07. The first kappa shape index (κ1) is 16.1. The van der Waals surface area contributed by atoms with Gasteiger partial charge in [0, 0.05) is 5.56 Å². The van der Waals surface area contributed by atoms with Gasteiger partial charge in [0.15, 0.2) is 0 Å². The minimum Gasteiger partial charge on any atom is -0.406 e. The van der Waals surface area contributed by atoms with Gasteiger partial charge in [-0.05, 0) is 48.2 Å². The Morgan fingerprint density at radius 3 is 2.32 bits per heavy atom. The van der Waals surface area contributed by atoms with E-state index in [2.05, 4.69) is 11.3 Å². The summed E-state index contributed by atoms with van der Waals surface area (Å²) in [5.74, 6) is -0.758. The summed E-state index contributed by atoms with van der Waals surface area (Å²) >= 11 is 0. The van der Waals surface area contributed by atoms with E-state index in [1.807, 2.05) is 0 Å². The molecule has 22 heavy (non-hydrogen) atoms. The number of allylic oxidation sites excluding steroid dienone is 1. The van der Waals surface area contributed by atoms with Crippen molar-refractivity contribution in [1.82, 2.24) is 0 Å². The molecule has 2 aromatic carbocycles. The number of rotatable bonds is 5. The van der Waals surface area contributed by atoms with Crippen LogP contribution in [0.25, 0.3) is 11.1 Å². The molecule has 0 aliphatic carbocycles. The second-order valence-electron chi connectivity index (χ2n) is 4.71. The van der Waals surface area contributed by atoms with Crippen molar-refractivity contribution in [2.45, 2.75) is 19.2 Å². The number of alkyl halides is 3. The Bertz CT molecular complexity index is 645. The zero-order chi connectivity index (χ0) is 16.2. The number of hydrogen-bond acceptors (Lipinski definition) is 1. The Hall–Kier alpha value is -2.30. The molecule has 0 aliphatic rings. The molecule has 0 unspecified atom stereocenters. The van der Waals surface area contributed by atoms with Gasteiger partial charge < -0.3 is 4.74 Å². The van der Waals surface area contributed by atoms with Gasteiger partial charge in [0.1, 0.15) is 11.6 Å². The second-order valence-corrected chi connectivity index (χ2v) is 4.71. The zero-order valence-corrected chi connectivity index (χ0v) is 11.7. The minimum absolute atomic E-state index is 0.334. The largest absolute Gasteiger partial charge is 0.573 e. The highest BCUT2D eigenvalue weighted by molar-refractivity contribution is 5.65. The van der Waals surface area contributed by atoms with Crippen LogP contribution in [0.3, 0.4) is 0 Å². The minimum atomic E-state index is -4.74. The van der Waals surface area contributed by atoms with E-state index >= 15 is 0 Å². The first-order chi connectivity index (χ1) is 10.4. The van der Waals surface area contributed by atoms with Gasteiger partial charge in [-0.2, -0.15) is 0 Å². The molecule has 0 heterocycles. The van der Waals surface area contributed by atoms with Crippen LogP contribution in [0, 0.1) is 5.82 Å². The topological polar surface area (TPSA) is 9.23 Å². The molecular weight excluding hydrogens is 296 g/mol. The van der Waals surface area contributed by atoms with Crippen LogP contribution in [0.4, 0.5) is 17.6 Å². The Morgan fingerprint density at radius 2 is 1.73 bits per heavy atom. The fourth-order valence-corrected chi connectivity index (χ4v) is 2.05. The molecule has 2 rings (SSSR count). The average molecular weight is 310 g/mol. The maximum atomic E-state index is 13.9. The number of aryl methyl sites for hydroxylation is 1. The first-order valence-corrected chi connectivity index (χ1v) is 6.64. The van der Waals surface area contributed by atoms with Crippen LogP contribution in [-0.2, 0) is 6.42 Å². The van der Waals surface area contributed by atoms with Crippen LogP contribution in [0.15, 0.2) is 55.1 Å². The van der Waals surface area contributed by atoms with E-state index in [-0.39, 0.29) is 5.75 Å². The predicted molar refractivity (Wildman–Crippen MR) is 77.0 cm³/mol. The van der Waals surface area contributed by atoms with Crippen LogP contribution >= 0.6 is 0 Å². The van der Waals surface area contributed by atoms with Gasteiger partial charge in [-0.15, -0.1) is 19.8 Å². The number of hydrogen-bond donors (Lipinski definition) is 0. The molecule has 0 amide bonds. The molecular formula is C17H14F4O. The van der Waals surface area contributed by atoms with E-state index in [0.29, 0.717) is 11.1 Å². The maximum absolute atomic E-state index is 13.9. The number of halogens is 4. The molecule has 1 nitrogen and oxygen atoms in total. The van der Waals surface area contributed by atoms with E-state index in [4.69, 9.17) is 0 Å². The maximum Gasteiger partial charge on any atom is 0.573 e. The van der Waals surface area contributed by atoms with Crippen LogP contribution in [0.1, 0.15) is 12.0 Å². The molecule has 5 heteroatoms. The SMILES string of the molecule is C=CCCc1ccc(F)c(-c2ccc(OC(F)(F)F)cc2)c1. The summed E-state index contributed by atoms with van der Waals surface area (Å²) in [6, 6.07) is 9.86. The average Bonchev–Trinajstić information content (AvgIpc) is 2.46. The Labute approximate surface area is 125 Å². The van der Waals surface area contributed by atoms with E-state index in [0.717, 1.165) is 18.4 Å². The van der Waals surface area contributed by atoms with Crippen molar-refractivity contribution < 1.29 is 22.3 Å². The van der Waals surface area contributed by atoms with Gasteiger partial charge in [0.25, 0.3) is 0 Å². The normalized spacial score (nSPS) is 11.3. The van der Waals surface area contributed by atoms with Crippen molar-refractivity contribution >= 4 is 0 Å². The van der Waals surface area contributed by atoms with E-state index in [1.165, 1.54) is 30.3 Å². The fraction of sp³-hybridized carbons (Fsp3) is 0.176. The molecule has 0 radical (unpaired) electrons. The quantitative estimate of drug-likeness (QED) is 0.522.